The van der Waals surface area contributed by atoms with Crippen LogP contribution in [-0.4, -0.2) is 89.3 Å². The Morgan fingerprint density at radius 3 is 2.49 bits per heavy atom. The Bertz CT molecular complexity index is 1050. The van der Waals surface area contributed by atoms with Crippen molar-refractivity contribution in [2.24, 2.45) is 5.41 Å². The number of alkyl halides is 2. The second-order valence-corrected chi connectivity index (χ2v) is 12.2. The van der Waals surface area contributed by atoms with E-state index < -0.39 is 12.0 Å². The van der Waals surface area contributed by atoms with Gasteiger partial charge in [-0.25, -0.2) is 13.8 Å². The van der Waals surface area contributed by atoms with Crippen LogP contribution in [0.4, 0.5) is 20.3 Å². The number of hydrogen-bond donors (Lipinski definition) is 1. The Balaban J connectivity index is 1.19. The Kier molecular flexibility index (Phi) is 6.22. The van der Waals surface area contributed by atoms with Crippen molar-refractivity contribution in [3.63, 3.8) is 0 Å². The second-order valence-electron chi connectivity index (χ2n) is 12.2. The number of fused-ring (bicyclic) bond motifs is 3. The first-order chi connectivity index (χ1) is 17.7. The first kappa shape index (κ1) is 25.0. The Labute approximate surface area is 218 Å². The van der Waals surface area contributed by atoms with Gasteiger partial charge in [0.2, 0.25) is 5.91 Å². The summed E-state index contributed by atoms with van der Waals surface area (Å²) >= 11 is 0. The molecule has 9 heteroatoms. The Hall–Kier alpha value is -2.26. The minimum absolute atomic E-state index is 0.0100. The molecule has 3 saturated heterocycles. The third-order valence-corrected chi connectivity index (χ3v) is 9.72. The van der Waals surface area contributed by atoms with Crippen LogP contribution in [-0.2, 0) is 11.2 Å². The van der Waals surface area contributed by atoms with Crippen LogP contribution < -0.4 is 9.80 Å². The lowest BCUT2D eigenvalue weighted by Gasteiger charge is -2.56. The number of nitrogens with zero attached hydrogens (tertiary/aromatic N) is 5. The molecule has 4 fully saturated rings. The predicted molar refractivity (Wildman–Crippen MR) is 139 cm³/mol. The number of hydrogen-bond acceptors (Lipinski definition) is 6. The van der Waals surface area contributed by atoms with Crippen LogP contribution in [0.15, 0.2) is 18.7 Å². The van der Waals surface area contributed by atoms with Gasteiger partial charge in [0.15, 0.2) is 0 Å². The number of rotatable bonds is 4. The van der Waals surface area contributed by atoms with E-state index in [4.69, 9.17) is 0 Å². The number of amides is 1. The quantitative estimate of drug-likeness (QED) is 0.621. The van der Waals surface area contributed by atoms with E-state index in [0.717, 1.165) is 82.5 Å². The fourth-order valence-electron chi connectivity index (χ4n) is 7.95. The smallest absolute Gasteiger partial charge is 0.280 e. The standard InChI is InChI=1S/C28H39F2N5O2/c1-3-24(36)34-13-11-32(12-14-34)22-16-35-20(22)6-4-5-19-21(35)15-23(31-25(19)26(29)30)33-9-7-28(8-10-33)17-27(2,37)18-28/h3,15,20,22,26,37H,1,4-14,16-18H2,2H3. The molecule has 1 amide bonds. The zero-order valence-corrected chi connectivity index (χ0v) is 21.8. The molecule has 7 nitrogen and oxygen atoms in total. The molecule has 2 unspecified atom stereocenters. The van der Waals surface area contributed by atoms with Gasteiger partial charge in [-0.2, -0.15) is 0 Å². The normalized spacial score (nSPS) is 28.7. The van der Waals surface area contributed by atoms with Crippen LogP contribution in [0.1, 0.15) is 63.1 Å². The average Bonchev–Trinajstić information content (AvgIpc) is 2.98. The van der Waals surface area contributed by atoms with E-state index in [-0.39, 0.29) is 17.0 Å². The lowest BCUT2D eigenvalue weighted by Crippen LogP contribution is -2.69. The van der Waals surface area contributed by atoms with Crippen LogP contribution >= 0.6 is 0 Å². The average molecular weight is 516 g/mol. The number of piperazine rings is 1. The van der Waals surface area contributed by atoms with E-state index in [1.54, 1.807) is 0 Å². The number of pyridine rings is 1. The molecular formula is C28H39F2N5O2. The second kappa shape index (κ2) is 9.19. The zero-order valence-electron chi connectivity index (χ0n) is 21.8. The molecule has 0 aromatic carbocycles. The number of carbonyl (C=O) groups excluding carboxylic acids is 1. The first-order valence-electron chi connectivity index (χ1n) is 13.9. The highest BCUT2D eigenvalue weighted by molar-refractivity contribution is 5.87. The zero-order chi connectivity index (χ0) is 25.9. The molecule has 1 N–H and O–H groups in total. The van der Waals surface area contributed by atoms with Crippen molar-refractivity contribution < 1.29 is 18.7 Å². The highest BCUT2D eigenvalue weighted by Gasteiger charge is 2.52. The van der Waals surface area contributed by atoms with E-state index >= 15 is 0 Å². The summed E-state index contributed by atoms with van der Waals surface area (Å²) in [4.78, 5) is 25.4. The van der Waals surface area contributed by atoms with Gasteiger partial charge in [-0.15, -0.1) is 0 Å². The molecule has 4 aliphatic heterocycles. The van der Waals surface area contributed by atoms with E-state index in [1.165, 1.54) is 6.08 Å². The van der Waals surface area contributed by atoms with Gasteiger partial charge in [-0.1, -0.05) is 6.58 Å². The summed E-state index contributed by atoms with van der Waals surface area (Å²) < 4.78 is 28.5. The fourth-order valence-corrected chi connectivity index (χ4v) is 7.95. The molecular weight excluding hydrogens is 476 g/mol. The van der Waals surface area contributed by atoms with Crippen molar-refractivity contribution in [2.45, 2.75) is 76.0 Å². The fraction of sp³-hybridized carbons (Fsp3) is 0.714. The number of aromatic nitrogens is 1. The maximum absolute atomic E-state index is 14.3. The largest absolute Gasteiger partial charge is 0.390 e. The number of anilines is 2. The summed E-state index contributed by atoms with van der Waals surface area (Å²) in [6.07, 6.45) is 4.91. The van der Waals surface area contributed by atoms with E-state index in [0.29, 0.717) is 37.4 Å². The van der Waals surface area contributed by atoms with Gasteiger partial charge in [0.05, 0.1) is 5.60 Å². The van der Waals surface area contributed by atoms with Crippen molar-refractivity contribution in [1.29, 1.82) is 0 Å². The van der Waals surface area contributed by atoms with Crippen molar-refractivity contribution in [3.8, 4) is 0 Å². The summed E-state index contributed by atoms with van der Waals surface area (Å²) in [5.41, 5.74) is 1.29. The van der Waals surface area contributed by atoms with Crippen molar-refractivity contribution in [2.75, 3.05) is 55.6 Å². The van der Waals surface area contributed by atoms with E-state index in [2.05, 4.69) is 32.3 Å². The molecule has 1 aliphatic carbocycles. The van der Waals surface area contributed by atoms with Crippen LogP contribution in [0.2, 0.25) is 0 Å². The molecule has 0 radical (unpaired) electrons. The minimum Gasteiger partial charge on any atom is -0.390 e. The van der Waals surface area contributed by atoms with Gasteiger partial charge >= 0.3 is 0 Å². The topological polar surface area (TPSA) is 63.2 Å². The summed E-state index contributed by atoms with van der Waals surface area (Å²) in [6, 6.07) is 2.77. The van der Waals surface area contributed by atoms with Crippen molar-refractivity contribution in [1.82, 2.24) is 14.8 Å². The van der Waals surface area contributed by atoms with Gasteiger partial charge in [-0.3, -0.25) is 9.69 Å². The predicted octanol–water partition coefficient (Wildman–Crippen LogP) is 3.37. The summed E-state index contributed by atoms with van der Waals surface area (Å²) in [5.74, 6) is 0.666. The number of piperidine rings is 1. The molecule has 1 saturated carbocycles. The molecule has 37 heavy (non-hydrogen) atoms. The SMILES string of the molecule is C=CC(=O)N1CCN(C2CN3c4cc(N5CCC6(CC5)CC(C)(O)C6)nc(C(F)F)c4CCCC23)CC1. The highest BCUT2D eigenvalue weighted by atomic mass is 19.3. The molecule has 1 spiro atoms. The molecule has 5 heterocycles. The molecule has 6 rings (SSSR count). The number of halogens is 2. The third-order valence-electron chi connectivity index (χ3n) is 9.72. The van der Waals surface area contributed by atoms with Gasteiger partial charge < -0.3 is 19.8 Å². The monoisotopic (exact) mass is 515 g/mol. The van der Waals surface area contributed by atoms with Crippen LogP contribution in [0.25, 0.3) is 0 Å². The molecule has 0 bridgehead atoms. The lowest BCUT2D eigenvalue weighted by atomic mass is 9.56. The molecule has 1 aromatic rings. The van der Waals surface area contributed by atoms with Gasteiger partial charge in [0.25, 0.3) is 6.43 Å². The van der Waals surface area contributed by atoms with Gasteiger partial charge in [-0.05, 0) is 63.4 Å². The highest BCUT2D eigenvalue weighted by Crippen LogP contribution is 2.55. The van der Waals surface area contributed by atoms with Crippen LogP contribution in [0, 0.1) is 5.41 Å². The van der Waals surface area contributed by atoms with Crippen LogP contribution in [0.3, 0.4) is 0 Å². The Morgan fingerprint density at radius 2 is 1.86 bits per heavy atom. The lowest BCUT2D eigenvalue weighted by molar-refractivity contribution is -0.128. The maximum atomic E-state index is 14.3. The van der Waals surface area contributed by atoms with Crippen molar-refractivity contribution in [3.05, 3.63) is 30.0 Å². The third kappa shape index (κ3) is 4.42. The van der Waals surface area contributed by atoms with Crippen molar-refractivity contribution >= 4 is 17.4 Å². The first-order valence-corrected chi connectivity index (χ1v) is 13.9. The Morgan fingerprint density at radius 1 is 1.16 bits per heavy atom. The van der Waals surface area contributed by atoms with Crippen LogP contribution in [0.5, 0.6) is 0 Å². The molecule has 202 valence electrons. The summed E-state index contributed by atoms with van der Waals surface area (Å²) in [5, 5.41) is 10.3. The number of aliphatic hydroxyl groups is 1. The van der Waals surface area contributed by atoms with Gasteiger partial charge in [0, 0.05) is 75.2 Å². The minimum atomic E-state index is -2.59. The molecule has 5 aliphatic rings. The molecule has 2 atom stereocenters. The summed E-state index contributed by atoms with van der Waals surface area (Å²) in [7, 11) is 0. The maximum Gasteiger partial charge on any atom is 0.280 e. The molecule has 1 aromatic heterocycles. The number of carbonyl (C=O) groups is 1. The summed E-state index contributed by atoms with van der Waals surface area (Å²) in [6.45, 7) is 11.0. The van der Waals surface area contributed by atoms with E-state index in [1.807, 2.05) is 11.8 Å². The van der Waals surface area contributed by atoms with E-state index in [9.17, 15) is 18.7 Å². The van der Waals surface area contributed by atoms with Gasteiger partial charge in [0.1, 0.15) is 11.5 Å².